The second kappa shape index (κ2) is 11.5. The van der Waals surface area contributed by atoms with Crippen LogP contribution >= 0.6 is 0 Å². The number of hydrogen-bond acceptors (Lipinski definition) is 6. The molecule has 7 heteroatoms. The molecule has 0 aromatic heterocycles. The molecule has 1 N–H and O–H groups in total. The number of aryl methyl sites for hydroxylation is 1. The Kier molecular flexibility index (Phi) is 8.18. The molecule has 0 aliphatic heterocycles. The number of ether oxygens (including phenoxy) is 3. The second-order valence-electron chi connectivity index (χ2n) is 7.00. The normalized spacial score (nSPS) is 10.6. The Morgan fingerprint density at radius 3 is 2.33 bits per heavy atom. The van der Waals surface area contributed by atoms with E-state index in [1.807, 2.05) is 32.9 Å². The standard InChI is InChI=1S/C26H26N2O5/c1-4-31-21-13-11-20(12-14-21)26(30)33-23-15-10-19(16-24(23)32-5-2)17-27-28-25(29)22-9-7-6-8-18(22)3/h6-17H,4-5H2,1-3H3,(H,28,29)/b27-17-. The molecule has 0 radical (unpaired) electrons. The molecule has 0 unspecified atom stereocenters. The number of hydrazone groups is 1. The van der Waals surface area contributed by atoms with E-state index in [1.165, 1.54) is 6.21 Å². The van der Waals surface area contributed by atoms with Crippen LogP contribution in [0.1, 0.15) is 45.7 Å². The SMILES string of the molecule is CCOc1ccc(C(=O)Oc2ccc(/C=N\NC(=O)c3ccccc3C)cc2OCC)cc1. The van der Waals surface area contributed by atoms with Crippen LogP contribution in [0.15, 0.2) is 71.8 Å². The Hall–Kier alpha value is -4.13. The van der Waals surface area contributed by atoms with Gasteiger partial charge in [-0.25, -0.2) is 10.2 Å². The summed E-state index contributed by atoms with van der Waals surface area (Å²) in [6.45, 7) is 6.52. The van der Waals surface area contributed by atoms with Gasteiger partial charge < -0.3 is 14.2 Å². The van der Waals surface area contributed by atoms with E-state index in [4.69, 9.17) is 14.2 Å². The Morgan fingerprint density at radius 1 is 0.909 bits per heavy atom. The van der Waals surface area contributed by atoms with Gasteiger partial charge in [-0.15, -0.1) is 0 Å². The van der Waals surface area contributed by atoms with Gasteiger partial charge in [0, 0.05) is 5.56 Å². The third-order valence-corrected chi connectivity index (χ3v) is 4.64. The van der Waals surface area contributed by atoms with Crippen LogP contribution in [-0.2, 0) is 0 Å². The molecule has 0 aliphatic carbocycles. The number of carbonyl (C=O) groups is 2. The molecule has 0 spiro atoms. The monoisotopic (exact) mass is 446 g/mol. The smallest absolute Gasteiger partial charge is 0.343 e. The fourth-order valence-corrected chi connectivity index (χ4v) is 3.02. The van der Waals surface area contributed by atoms with E-state index in [0.29, 0.717) is 41.4 Å². The summed E-state index contributed by atoms with van der Waals surface area (Å²) in [5, 5.41) is 4.02. The van der Waals surface area contributed by atoms with Crippen LogP contribution in [-0.4, -0.2) is 31.3 Å². The molecule has 1 amide bonds. The molecule has 0 atom stereocenters. The fraction of sp³-hybridized carbons (Fsp3) is 0.192. The van der Waals surface area contributed by atoms with Crippen LogP contribution in [0, 0.1) is 6.92 Å². The number of esters is 1. The minimum Gasteiger partial charge on any atom is -0.494 e. The van der Waals surface area contributed by atoms with Crippen LogP contribution in [0.3, 0.4) is 0 Å². The Morgan fingerprint density at radius 2 is 1.64 bits per heavy atom. The van der Waals surface area contributed by atoms with Crippen LogP contribution in [0.4, 0.5) is 0 Å². The van der Waals surface area contributed by atoms with Crippen LogP contribution in [0.5, 0.6) is 17.2 Å². The topological polar surface area (TPSA) is 86.2 Å². The van der Waals surface area contributed by atoms with Gasteiger partial charge in [0.05, 0.1) is 25.0 Å². The highest BCUT2D eigenvalue weighted by atomic mass is 16.6. The van der Waals surface area contributed by atoms with Gasteiger partial charge in [-0.05, 0) is 80.4 Å². The average molecular weight is 447 g/mol. The lowest BCUT2D eigenvalue weighted by Gasteiger charge is -2.11. The molecule has 0 saturated carbocycles. The first-order valence-corrected chi connectivity index (χ1v) is 10.6. The highest BCUT2D eigenvalue weighted by Crippen LogP contribution is 2.29. The third-order valence-electron chi connectivity index (χ3n) is 4.64. The molecule has 0 bridgehead atoms. The molecule has 3 aromatic carbocycles. The molecule has 0 heterocycles. The van der Waals surface area contributed by atoms with Crippen molar-refractivity contribution in [1.29, 1.82) is 0 Å². The summed E-state index contributed by atoms with van der Waals surface area (Å²) in [5.41, 5.74) is 5.00. The summed E-state index contributed by atoms with van der Waals surface area (Å²) >= 11 is 0. The van der Waals surface area contributed by atoms with E-state index in [9.17, 15) is 9.59 Å². The van der Waals surface area contributed by atoms with Crippen LogP contribution in [0.2, 0.25) is 0 Å². The predicted molar refractivity (Wildman–Crippen MR) is 126 cm³/mol. The molecule has 33 heavy (non-hydrogen) atoms. The lowest BCUT2D eigenvalue weighted by Crippen LogP contribution is -2.18. The summed E-state index contributed by atoms with van der Waals surface area (Å²) in [5.74, 6) is 0.561. The largest absolute Gasteiger partial charge is 0.494 e. The van der Waals surface area contributed by atoms with E-state index in [-0.39, 0.29) is 11.7 Å². The summed E-state index contributed by atoms with van der Waals surface area (Å²) in [6.07, 6.45) is 1.50. The minimum atomic E-state index is -0.508. The van der Waals surface area contributed by atoms with Gasteiger partial charge in [-0.1, -0.05) is 18.2 Å². The molecule has 170 valence electrons. The van der Waals surface area contributed by atoms with Gasteiger partial charge in [0.2, 0.25) is 0 Å². The van der Waals surface area contributed by atoms with E-state index >= 15 is 0 Å². The highest BCUT2D eigenvalue weighted by molar-refractivity contribution is 5.96. The van der Waals surface area contributed by atoms with Gasteiger partial charge in [0.15, 0.2) is 11.5 Å². The van der Waals surface area contributed by atoms with Crippen molar-refractivity contribution >= 4 is 18.1 Å². The Bertz CT molecular complexity index is 1140. The third kappa shape index (κ3) is 6.43. The van der Waals surface area contributed by atoms with Crippen LogP contribution in [0.25, 0.3) is 0 Å². The van der Waals surface area contributed by atoms with E-state index < -0.39 is 5.97 Å². The molecule has 0 saturated heterocycles. The van der Waals surface area contributed by atoms with Crippen molar-refractivity contribution in [3.05, 3.63) is 89.0 Å². The maximum Gasteiger partial charge on any atom is 0.343 e. The molecule has 0 aliphatic rings. The molecule has 7 nitrogen and oxygen atoms in total. The number of hydrogen-bond donors (Lipinski definition) is 1. The van der Waals surface area contributed by atoms with Gasteiger partial charge in [0.1, 0.15) is 5.75 Å². The van der Waals surface area contributed by atoms with Crippen molar-refractivity contribution in [2.45, 2.75) is 20.8 Å². The zero-order valence-electron chi connectivity index (χ0n) is 18.8. The lowest BCUT2D eigenvalue weighted by molar-refractivity contribution is 0.0728. The van der Waals surface area contributed by atoms with Gasteiger partial charge in [0.25, 0.3) is 5.91 Å². The minimum absolute atomic E-state index is 0.289. The number of amides is 1. The number of nitrogens with zero attached hydrogens (tertiary/aromatic N) is 1. The van der Waals surface area contributed by atoms with Crippen molar-refractivity contribution in [2.75, 3.05) is 13.2 Å². The Labute approximate surface area is 193 Å². The van der Waals surface area contributed by atoms with Gasteiger partial charge in [-0.3, -0.25) is 4.79 Å². The highest BCUT2D eigenvalue weighted by Gasteiger charge is 2.14. The van der Waals surface area contributed by atoms with E-state index in [0.717, 1.165) is 5.56 Å². The second-order valence-corrected chi connectivity index (χ2v) is 7.00. The number of nitrogens with one attached hydrogen (secondary N) is 1. The van der Waals surface area contributed by atoms with Gasteiger partial charge >= 0.3 is 5.97 Å². The fourth-order valence-electron chi connectivity index (χ4n) is 3.02. The predicted octanol–water partition coefficient (Wildman–Crippen LogP) is 4.78. The average Bonchev–Trinajstić information content (AvgIpc) is 2.81. The summed E-state index contributed by atoms with van der Waals surface area (Å²) in [7, 11) is 0. The van der Waals surface area contributed by atoms with Crippen molar-refractivity contribution in [1.82, 2.24) is 5.43 Å². The summed E-state index contributed by atoms with van der Waals surface area (Å²) in [4.78, 5) is 24.8. The molecule has 0 fully saturated rings. The van der Waals surface area contributed by atoms with Crippen molar-refractivity contribution in [3.8, 4) is 17.2 Å². The molecular weight excluding hydrogens is 420 g/mol. The number of benzene rings is 3. The lowest BCUT2D eigenvalue weighted by atomic mass is 10.1. The zero-order chi connectivity index (χ0) is 23.6. The van der Waals surface area contributed by atoms with E-state index in [2.05, 4.69) is 10.5 Å². The molecule has 3 rings (SSSR count). The first kappa shape index (κ1) is 23.5. The number of carbonyl (C=O) groups excluding carboxylic acids is 2. The van der Waals surface area contributed by atoms with Gasteiger partial charge in [-0.2, -0.15) is 5.10 Å². The molecular formula is C26H26N2O5. The number of rotatable bonds is 9. The Balaban J connectivity index is 1.69. The molecule has 3 aromatic rings. The van der Waals surface area contributed by atoms with E-state index in [1.54, 1.807) is 54.6 Å². The van der Waals surface area contributed by atoms with Crippen molar-refractivity contribution in [2.24, 2.45) is 5.10 Å². The van der Waals surface area contributed by atoms with Crippen molar-refractivity contribution in [3.63, 3.8) is 0 Å². The summed E-state index contributed by atoms with van der Waals surface area (Å²) < 4.78 is 16.6. The maximum absolute atomic E-state index is 12.5. The maximum atomic E-state index is 12.5. The first-order valence-electron chi connectivity index (χ1n) is 10.6. The zero-order valence-corrected chi connectivity index (χ0v) is 18.8. The quantitative estimate of drug-likeness (QED) is 0.221. The summed E-state index contributed by atoms with van der Waals surface area (Å²) in [6, 6.07) is 19.0. The van der Waals surface area contributed by atoms with Crippen LogP contribution < -0.4 is 19.6 Å². The van der Waals surface area contributed by atoms with Crippen molar-refractivity contribution < 1.29 is 23.8 Å². The first-order chi connectivity index (χ1) is 16.0.